The fourth-order valence-electron chi connectivity index (χ4n) is 6.23. The van der Waals surface area contributed by atoms with Crippen molar-refractivity contribution in [2.45, 2.75) is 12.8 Å². The average molecular weight is 743 g/mol. The lowest BCUT2D eigenvalue weighted by Gasteiger charge is -2.36. The van der Waals surface area contributed by atoms with Gasteiger partial charge in [-0.15, -0.1) is 0 Å². The molecule has 0 bridgehead atoms. The third kappa shape index (κ3) is 9.32. The second-order valence-corrected chi connectivity index (χ2v) is 12.1. The Hall–Kier alpha value is -8.43. The molecule has 14 heteroatoms. The van der Waals surface area contributed by atoms with Crippen molar-refractivity contribution in [3.8, 4) is 36.4 Å². The molecule has 0 radical (unpaired) electrons. The van der Waals surface area contributed by atoms with Crippen molar-refractivity contribution in [1.29, 1.82) is 31.6 Å². The highest BCUT2D eigenvalue weighted by atomic mass is 16.4. The van der Waals surface area contributed by atoms with E-state index in [4.69, 9.17) is 0 Å². The molecule has 274 valence electrons. The van der Waals surface area contributed by atoms with Gasteiger partial charge in [-0.05, 0) is 71.5 Å². The molecule has 1 saturated heterocycles. The van der Waals surface area contributed by atoms with Crippen LogP contribution in [0.2, 0.25) is 0 Å². The van der Waals surface area contributed by atoms with E-state index < -0.39 is 23.9 Å². The minimum absolute atomic E-state index is 0.00968. The number of piperazine rings is 1. The Morgan fingerprint density at radius 3 is 1.71 bits per heavy atom. The summed E-state index contributed by atoms with van der Waals surface area (Å²) in [7, 11) is 0. The highest BCUT2D eigenvalue weighted by molar-refractivity contribution is 5.92. The molecule has 0 atom stereocenters. The Balaban J connectivity index is 1.79. The summed E-state index contributed by atoms with van der Waals surface area (Å²) in [5.74, 6) is -3.66. The van der Waals surface area contributed by atoms with Crippen LogP contribution in [0.5, 0.6) is 0 Å². The van der Waals surface area contributed by atoms with Gasteiger partial charge in [0.25, 0.3) is 0 Å². The number of nitrogens with zero attached hydrogens (tertiary/aromatic N) is 8. The summed E-state index contributed by atoms with van der Waals surface area (Å²) in [6.07, 6.45) is 9.70. The predicted molar refractivity (Wildman–Crippen MR) is 200 cm³/mol. The van der Waals surface area contributed by atoms with Gasteiger partial charge in [-0.3, -0.25) is 0 Å². The third-order valence-corrected chi connectivity index (χ3v) is 8.94. The zero-order valence-electron chi connectivity index (χ0n) is 29.5. The third-order valence-electron chi connectivity index (χ3n) is 8.94. The zero-order valence-corrected chi connectivity index (χ0v) is 29.5. The molecule has 0 spiro atoms. The largest absolute Gasteiger partial charge is 0.478 e. The molecule has 1 fully saturated rings. The molecule has 1 aliphatic heterocycles. The number of amides is 1. The first-order valence-corrected chi connectivity index (χ1v) is 16.8. The van der Waals surface area contributed by atoms with E-state index in [0.29, 0.717) is 37.1 Å². The van der Waals surface area contributed by atoms with E-state index in [0.717, 1.165) is 16.8 Å². The van der Waals surface area contributed by atoms with E-state index in [9.17, 15) is 61.3 Å². The van der Waals surface area contributed by atoms with Crippen LogP contribution in [0.1, 0.15) is 44.7 Å². The quantitative estimate of drug-likeness (QED) is 0.167. The molecule has 4 rings (SSSR count). The standard InChI is InChI=1S/C42H30N8O6/c43-21-33(37(35(23-45)24-46)27-7-13-31(14-8-27)40(51)52)5-1-3-29-11-12-30(39(29)49-17-19-50(20-18-49)42(55)56)4-2-6-34(22-44)38(36(25-47)26-48)28-9-15-32(16-10-28)41(53)54/h1-10,13-16,35H,11-12,17-20H2,(H,51,52)(H,53,54)(H,55,56). The molecule has 56 heavy (non-hydrogen) atoms. The van der Waals surface area contributed by atoms with Gasteiger partial charge in [-0.1, -0.05) is 48.6 Å². The van der Waals surface area contributed by atoms with Gasteiger partial charge in [0.2, 0.25) is 0 Å². The maximum Gasteiger partial charge on any atom is 0.407 e. The molecule has 0 unspecified atom stereocenters. The smallest absolute Gasteiger partial charge is 0.407 e. The van der Waals surface area contributed by atoms with Gasteiger partial charge < -0.3 is 25.1 Å². The van der Waals surface area contributed by atoms with Crippen molar-refractivity contribution in [1.82, 2.24) is 9.80 Å². The Kier molecular flexibility index (Phi) is 13.6. The SMILES string of the molecule is N#CC(=CC=CC1=C(N2CCN(C(=O)O)CC2)C(=CC=CC(C#N)=C(c2ccc(C(=O)O)cc2)C(C#N)C#N)CC1)C(=C(C#N)C#N)c1ccc(C(=O)O)cc1. The Morgan fingerprint density at radius 1 is 0.679 bits per heavy atom. The van der Waals surface area contributed by atoms with E-state index >= 15 is 0 Å². The van der Waals surface area contributed by atoms with Crippen LogP contribution in [0.25, 0.3) is 11.1 Å². The van der Waals surface area contributed by atoms with E-state index in [-0.39, 0.29) is 52.1 Å². The van der Waals surface area contributed by atoms with Gasteiger partial charge in [0.1, 0.15) is 17.7 Å². The number of hydrogen-bond donors (Lipinski definition) is 3. The van der Waals surface area contributed by atoms with E-state index in [2.05, 4.69) is 0 Å². The molecule has 0 aromatic heterocycles. The van der Waals surface area contributed by atoms with Gasteiger partial charge in [-0.2, -0.15) is 31.6 Å². The first-order chi connectivity index (χ1) is 27.0. The van der Waals surface area contributed by atoms with Crippen LogP contribution in [0.3, 0.4) is 0 Å². The average Bonchev–Trinajstić information content (AvgIpc) is 3.62. The fourth-order valence-corrected chi connectivity index (χ4v) is 6.23. The van der Waals surface area contributed by atoms with Crippen LogP contribution in [-0.2, 0) is 0 Å². The molecule has 1 aliphatic carbocycles. The normalized spacial score (nSPS) is 15.3. The van der Waals surface area contributed by atoms with Gasteiger partial charge >= 0.3 is 18.0 Å². The number of rotatable bonds is 11. The number of allylic oxidation sites excluding steroid dienone is 13. The Morgan fingerprint density at radius 2 is 1.23 bits per heavy atom. The second-order valence-electron chi connectivity index (χ2n) is 12.1. The van der Waals surface area contributed by atoms with Crippen LogP contribution in [0, 0.1) is 73.9 Å². The lowest BCUT2D eigenvalue weighted by molar-refractivity contribution is 0.0686. The second kappa shape index (κ2) is 18.9. The number of carboxylic acids is 2. The van der Waals surface area contributed by atoms with Crippen LogP contribution in [0.4, 0.5) is 4.79 Å². The van der Waals surface area contributed by atoms with Crippen LogP contribution >= 0.6 is 0 Å². The van der Waals surface area contributed by atoms with Crippen molar-refractivity contribution in [3.05, 3.63) is 141 Å². The maximum atomic E-state index is 11.6. The van der Waals surface area contributed by atoms with Crippen molar-refractivity contribution in [2.75, 3.05) is 26.2 Å². The maximum absolute atomic E-state index is 11.6. The monoisotopic (exact) mass is 742 g/mol. The number of hydrogen-bond acceptors (Lipinski definition) is 10. The van der Waals surface area contributed by atoms with E-state index in [1.165, 1.54) is 65.6 Å². The minimum atomic E-state index is -1.33. The summed E-state index contributed by atoms with van der Waals surface area (Å²) in [6, 6.07) is 22.4. The molecular formula is C42H30N8O6. The Labute approximate surface area is 321 Å². The summed E-state index contributed by atoms with van der Waals surface area (Å²) < 4.78 is 0. The number of aromatic carboxylic acids is 2. The number of carbonyl (C=O) groups is 3. The predicted octanol–water partition coefficient (Wildman–Crippen LogP) is 6.36. The van der Waals surface area contributed by atoms with Crippen molar-refractivity contribution >= 4 is 29.2 Å². The summed E-state index contributed by atoms with van der Waals surface area (Å²) in [5, 5.41) is 87.1. The molecule has 0 saturated carbocycles. The van der Waals surface area contributed by atoms with Crippen LogP contribution in [0.15, 0.2) is 119 Å². The summed E-state index contributed by atoms with van der Waals surface area (Å²) in [4.78, 5) is 37.7. The lowest BCUT2D eigenvalue weighted by atomic mass is 9.89. The number of carboxylic acid groups (broad SMARTS) is 3. The van der Waals surface area contributed by atoms with E-state index in [1.54, 1.807) is 36.4 Å². The van der Waals surface area contributed by atoms with Crippen LogP contribution in [-0.4, -0.2) is 69.3 Å². The summed E-state index contributed by atoms with van der Waals surface area (Å²) in [6.45, 7) is 1.23. The van der Waals surface area contributed by atoms with Gasteiger partial charge in [-0.25, -0.2) is 14.4 Å². The summed E-state index contributed by atoms with van der Waals surface area (Å²) >= 11 is 0. The van der Waals surface area contributed by atoms with Gasteiger partial charge in [0.15, 0.2) is 5.92 Å². The van der Waals surface area contributed by atoms with Crippen LogP contribution < -0.4 is 0 Å². The minimum Gasteiger partial charge on any atom is -0.478 e. The first kappa shape index (κ1) is 40.3. The number of benzene rings is 2. The zero-order chi connectivity index (χ0) is 40.8. The van der Waals surface area contributed by atoms with Gasteiger partial charge in [0.05, 0.1) is 46.5 Å². The molecular weight excluding hydrogens is 713 g/mol. The molecule has 2 aliphatic rings. The molecule has 1 heterocycles. The fraction of sp³-hybridized carbons (Fsp3) is 0.167. The first-order valence-electron chi connectivity index (χ1n) is 16.8. The topological polar surface area (TPSA) is 261 Å². The molecule has 3 N–H and O–H groups in total. The number of nitriles is 6. The van der Waals surface area contributed by atoms with Crippen molar-refractivity contribution in [3.63, 3.8) is 0 Å². The highest BCUT2D eigenvalue weighted by Gasteiger charge is 2.28. The molecule has 14 nitrogen and oxygen atoms in total. The molecule has 2 aromatic rings. The van der Waals surface area contributed by atoms with Crippen molar-refractivity contribution in [2.24, 2.45) is 5.92 Å². The molecule has 2 aromatic carbocycles. The Bertz CT molecular complexity index is 2390. The van der Waals surface area contributed by atoms with Gasteiger partial charge in [0, 0.05) is 43.0 Å². The molecule has 1 amide bonds. The highest BCUT2D eigenvalue weighted by Crippen LogP contribution is 2.36. The lowest BCUT2D eigenvalue weighted by Crippen LogP contribution is -2.47. The van der Waals surface area contributed by atoms with Crippen molar-refractivity contribution < 1.29 is 29.7 Å². The summed E-state index contributed by atoms with van der Waals surface area (Å²) in [5.41, 5.74) is 2.88. The van der Waals surface area contributed by atoms with E-state index in [1.807, 2.05) is 29.2 Å².